The lowest BCUT2D eigenvalue weighted by atomic mass is 10.0. The van der Waals surface area contributed by atoms with E-state index in [2.05, 4.69) is 21.9 Å². The highest BCUT2D eigenvalue weighted by molar-refractivity contribution is 6.01. The molecule has 6 nitrogen and oxygen atoms in total. The van der Waals surface area contributed by atoms with Gasteiger partial charge in [-0.2, -0.15) is 0 Å². The zero-order valence-corrected chi connectivity index (χ0v) is 19.3. The summed E-state index contributed by atoms with van der Waals surface area (Å²) in [4.78, 5) is 22.2. The number of nitrogens with one attached hydrogen (secondary N) is 2. The number of carbonyl (C=O) groups excluding carboxylic acids is 1. The van der Waals surface area contributed by atoms with E-state index >= 15 is 0 Å². The molecule has 0 saturated carbocycles. The lowest BCUT2D eigenvalue weighted by Gasteiger charge is -2.27. The van der Waals surface area contributed by atoms with Gasteiger partial charge in [0, 0.05) is 54.0 Å². The Morgan fingerprint density at radius 3 is 2.81 bits per heavy atom. The monoisotopic (exact) mass is 483 g/mol. The van der Waals surface area contributed by atoms with Gasteiger partial charge in [-0.3, -0.25) is 4.79 Å². The van der Waals surface area contributed by atoms with E-state index < -0.39 is 11.6 Å². The summed E-state index contributed by atoms with van der Waals surface area (Å²) < 4.78 is 26.8. The first-order valence-corrected chi connectivity index (χ1v) is 11.3. The van der Waals surface area contributed by atoms with E-state index in [0.29, 0.717) is 34.7 Å². The minimum atomic E-state index is -0.915. The van der Waals surface area contributed by atoms with Crippen LogP contribution in [0.1, 0.15) is 11.1 Å². The molecule has 4 N–H and O–H groups in total. The summed E-state index contributed by atoms with van der Waals surface area (Å²) >= 11 is 0. The summed E-state index contributed by atoms with van der Waals surface area (Å²) in [5.41, 5.74) is 11.7. The van der Waals surface area contributed by atoms with Crippen molar-refractivity contribution in [2.24, 2.45) is 0 Å². The maximum absolute atomic E-state index is 13.6. The molecule has 0 bridgehead atoms. The van der Waals surface area contributed by atoms with Crippen LogP contribution in [0.15, 0.2) is 97.1 Å². The van der Waals surface area contributed by atoms with E-state index in [4.69, 9.17) is 5.73 Å². The molecular weight excluding hydrogens is 460 g/mol. The van der Waals surface area contributed by atoms with Gasteiger partial charge in [0.1, 0.15) is 5.65 Å². The van der Waals surface area contributed by atoms with Crippen molar-refractivity contribution in [3.63, 3.8) is 0 Å². The molecule has 1 amide bonds. The third-order valence-electron chi connectivity index (χ3n) is 6.06. The number of H-pyrrole nitrogens is 1. The first kappa shape index (κ1) is 23.0. The number of amides is 1. The van der Waals surface area contributed by atoms with E-state index in [1.165, 1.54) is 6.07 Å². The minimum Gasteiger partial charge on any atom is -0.398 e. The number of hydrogen-bond acceptors (Lipinski definition) is 4. The summed E-state index contributed by atoms with van der Waals surface area (Å²) in [6.45, 7) is 4.59. The van der Waals surface area contributed by atoms with Crippen LogP contribution < -0.4 is 11.1 Å². The van der Waals surface area contributed by atoms with Crippen LogP contribution in [0.2, 0.25) is 0 Å². The predicted molar refractivity (Wildman–Crippen MR) is 136 cm³/mol. The Bertz CT molecular complexity index is 1550. The molecule has 2 aromatic heterocycles. The third kappa shape index (κ3) is 4.48. The number of nitrogen functional groups attached to an aromatic ring is 1. The molecule has 0 fully saturated rings. The van der Waals surface area contributed by atoms with Crippen LogP contribution in [-0.4, -0.2) is 20.8 Å². The molecule has 0 saturated heterocycles. The first-order chi connectivity index (χ1) is 17.4. The second-order valence-electron chi connectivity index (χ2n) is 8.45. The fraction of sp³-hybridized carbons (Fsp3) is 0.0714. The first-order valence-electron chi connectivity index (χ1n) is 11.3. The number of hydrogen-bond donors (Lipinski definition) is 3. The van der Waals surface area contributed by atoms with Crippen LogP contribution >= 0.6 is 0 Å². The second-order valence-corrected chi connectivity index (χ2v) is 8.45. The quantitative estimate of drug-likeness (QED) is 0.353. The number of fused-ring (bicyclic) bond motifs is 1. The largest absolute Gasteiger partial charge is 0.398 e. The van der Waals surface area contributed by atoms with Crippen molar-refractivity contribution < 1.29 is 13.6 Å². The Kier molecular flexibility index (Phi) is 6.08. The average molecular weight is 484 g/mol. The molecule has 0 radical (unpaired) electrons. The van der Waals surface area contributed by atoms with E-state index in [9.17, 15) is 13.6 Å². The summed E-state index contributed by atoms with van der Waals surface area (Å²) in [6.07, 6.45) is 8.67. The number of benzene rings is 2. The Morgan fingerprint density at radius 1 is 1.11 bits per heavy atom. The molecule has 5 rings (SSSR count). The van der Waals surface area contributed by atoms with Gasteiger partial charge in [-0.15, -0.1) is 0 Å². The normalized spacial score (nSPS) is 13.2. The van der Waals surface area contributed by atoms with Crippen molar-refractivity contribution in [1.29, 1.82) is 0 Å². The van der Waals surface area contributed by atoms with Gasteiger partial charge in [0.15, 0.2) is 11.6 Å². The van der Waals surface area contributed by atoms with Crippen LogP contribution in [0.4, 0.5) is 14.5 Å². The van der Waals surface area contributed by atoms with Gasteiger partial charge >= 0.3 is 0 Å². The minimum absolute atomic E-state index is 0.252. The molecule has 36 heavy (non-hydrogen) atoms. The van der Waals surface area contributed by atoms with Gasteiger partial charge in [0.2, 0.25) is 0 Å². The highest BCUT2D eigenvalue weighted by Crippen LogP contribution is 2.32. The average Bonchev–Trinajstić information content (AvgIpc) is 3.32. The Morgan fingerprint density at radius 2 is 1.97 bits per heavy atom. The van der Waals surface area contributed by atoms with Crippen LogP contribution in [0.25, 0.3) is 22.2 Å². The van der Waals surface area contributed by atoms with Crippen molar-refractivity contribution in [1.82, 2.24) is 20.2 Å². The topological polar surface area (TPSA) is 87.0 Å². The molecule has 3 heterocycles. The van der Waals surface area contributed by atoms with Crippen LogP contribution in [0.5, 0.6) is 0 Å². The van der Waals surface area contributed by atoms with Gasteiger partial charge in [0.25, 0.3) is 5.91 Å². The standard InChI is InChI=1S/C28H23F2N5O/c1-17-21(6-3-11-35(17)16-19-7-8-23(29)24(30)13-19)28(36)34-14-18-4-2-5-20(12-18)22-15-33-27-26(22)25(31)9-10-32-27/h2-13,15H,1,14,16H2,(H,34,36)(H3,31,32,33). The number of carbonyl (C=O) groups is 1. The number of nitrogens with zero attached hydrogens (tertiary/aromatic N) is 2. The molecule has 8 heteroatoms. The number of nitrogens with two attached hydrogens (primary N) is 1. The van der Waals surface area contributed by atoms with Crippen LogP contribution in [-0.2, 0) is 17.9 Å². The third-order valence-corrected chi connectivity index (χ3v) is 6.06. The van der Waals surface area contributed by atoms with Crippen LogP contribution in [0.3, 0.4) is 0 Å². The number of aromatic amines is 1. The zero-order chi connectivity index (χ0) is 25.2. The van der Waals surface area contributed by atoms with Gasteiger partial charge in [-0.05, 0) is 53.1 Å². The lowest BCUT2D eigenvalue weighted by molar-refractivity contribution is -0.117. The number of anilines is 1. The molecule has 1 aliphatic heterocycles. The maximum atomic E-state index is 13.6. The Balaban J connectivity index is 1.27. The summed E-state index contributed by atoms with van der Waals surface area (Å²) in [5.74, 6) is -2.10. The van der Waals surface area contributed by atoms with Gasteiger partial charge in [0.05, 0.1) is 5.57 Å². The molecule has 0 aliphatic carbocycles. The number of halogens is 2. The molecule has 0 unspecified atom stereocenters. The molecule has 1 aliphatic rings. The lowest BCUT2D eigenvalue weighted by Crippen LogP contribution is -2.30. The molecule has 2 aromatic carbocycles. The fourth-order valence-corrected chi connectivity index (χ4v) is 4.21. The molecule has 180 valence electrons. The second kappa shape index (κ2) is 9.50. The molecular formula is C28H23F2N5O. The van der Waals surface area contributed by atoms with E-state index in [1.807, 2.05) is 30.5 Å². The Labute approximate surface area is 206 Å². The predicted octanol–water partition coefficient (Wildman–Crippen LogP) is 5.18. The smallest absolute Gasteiger partial charge is 0.253 e. The number of allylic oxidation sites excluding steroid dienone is 2. The van der Waals surface area contributed by atoms with Crippen molar-refractivity contribution in [2.45, 2.75) is 13.1 Å². The highest BCUT2D eigenvalue weighted by atomic mass is 19.2. The maximum Gasteiger partial charge on any atom is 0.253 e. The SMILES string of the molecule is C=C1C(C(=O)NCc2cccc(-c3c[nH]c4nccc(N)c34)c2)=CC=CN1Cc1ccc(F)c(F)c1. The molecule has 0 spiro atoms. The van der Waals surface area contributed by atoms with Gasteiger partial charge < -0.3 is 20.9 Å². The molecule has 4 aromatic rings. The van der Waals surface area contributed by atoms with Crippen molar-refractivity contribution in [3.8, 4) is 11.1 Å². The zero-order valence-electron chi connectivity index (χ0n) is 19.3. The van der Waals surface area contributed by atoms with E-state index in [0.717, 1.165) is 34.2 Å². The number of rotatable bonds is 6. The Hall–Kier alpha value is -4.72. The van der Waals surface area contributed by atoms with E-state index in [-0.39, 0.29) is 12.5 Å². The van der Waals surface area contributed by atoms with Crippen molar-refractivity contribution in [2.75, 3.05) is 5.73 Å². The van der Waals surface area contributed by atoms with Crippen molar-refractivity contribution >= 4 is 22.6 Å². The van der Waals surface area contributed by atoms with Crippen molar-refractivity contribution in [3.05, 3.63) is 120 Å². The highest BCUT2D eigenvalue weighted by Gasteiger charge is 2.20. The fourth-order valence-electron chi connectivity index (χ4n) is 4.21. The van der Waals surface area contributed by atoms with Crippen LogP contribution in [0, 0.1) is 11.6 Å². The van der Waals surface area contributed by atoms with E-state index in [1.54, 1.807) is 35.5 Å². The van der Waals surface area contributed by atoms with Gasteiger partial charge in [-0.1, -0.05) is 30.8 Å². The summed E-state index contributed by atoms with van der Waals surface area (Å²) in [6, 6.07) is 13.3. The van der Waals surface area contributed by atoms with Gasteiger partial charge in [-0.25, -0.2) is 13.8 Å². The summed E-state index contributed by atoms with van der Waals surface area (Å²) in [5, 5.41) is 3.79. The molecule has 0 atom stereocenters. The summed E-state index contributed by atoms with van der Waals surface area (Å²) in [7, 11) is 0. The number of pyridine rings is 1. The number of aromatic nitrogens is 2.